The Labute approximate surface area is 99.0 Å². The zero-order valence-electron chi connectivity index (χ0n) is 9.74. The molecule has 0 unspecified atom stereocenters. The van der Waals surface area contributed by atoms with Crippen molar-refractivity contribution in [3.05, 3.63) is 41.1 Å². The van der Waals surface area contributed by atoms with E-state index in [9.17, 15) is 4.79 Å². The first-order chi connectivity index (χ1) is 8.08. The minimum absolute atomic E-state index is 0.237. The van der Waals surface area contributed by atoms with Crippen molar-refractivity contribution < 1.29 is 4.79 Å². The lowest BCUT2D eigenvalue weighted by molar-refractivity contribution is 0.102. The summed E-state index contributed by atoms with van der Waals surface area (Å²) in [4.78, 5) is 12.0. The van der Waals surface area contributed by atoms with Gasteiger partial charge in [0.2, 0.25) is 0 Å². The molecule has 0 saturated carbocycles. The summed E-state index contributed by atoms with van der Waals surface area (Å²) in [6.07, 6.45) is 1.65. The highest BCUT2D eigenvalue weighted by atomic mass is 16.1. The van der Waals surface area contributed by atoms with Gasteiger partial charge in [0.25, 0.3) is 5.91 Å². The summed E-state index contributed by atoms with van der Waals surface area (Å²) < 4.78 is 0. The fourth-order valence-electron chi connectivity index (χ4n) is 1.52. The molecule has 1 amide bonds. The number of benzene rings is 1. The SMILES string of the molecule is Cc1ccc(N)c(C(=O)Nc2[nH]ncc2C)c1. The van der Waals surface area contributed by atoms with Crippen molar-refractivity contribution in [2.75, 3.05) is 11.1 Å². The highest BCUT2D eigenvalue weighted by molar-refractivity contribution is 6.07. The molecule has 0 aliphatic rings. The van der Waals surface area contributed by atoms with Crippen molar-refractivity contribution in [2.45, 2.75) is 13.8 Å². The molecular weight excluding hydrogens is 216 g/mol. The number of amides is 1. The second kappa shape index (κ2) is 4.29. The first-order valence-corrected chi connectivity index (χ1v) is 5.25. The molecule has 0 aliphatic heterocycles. The van der Waals surface area contributed by atoms with Gasteiger partial charge in [0.15, 0.2) is 0 Å². The highest BCUT2D eigenvalue weighted by Gasteiger charge is 2.11. The maximum Gasteiger partial charge on any atom is 0.258 e. The van der Waals surface area contributed by atoms with Gasteiger partial charge in [-0.1, -0.05) is 11.6 Å². The molecule has 0 saturated heterocycles. The molecule has 0 radical (unpaired) electrons. The number of nitrogens with zero attached hydrogens (tertiary/aromatic N) is 1. The van der Waals surface area contributed by atoms with Gasteiger partial charge in [-0.3, -0.25) is 9.89 Å². The van der Waals surface area contributed by atoms with Crippen LogP contribution in [0.4, 0.5) is 11.5 Å². The molecule has 0 fully saturated rings. The number of hydrogen-bond donors (Lipinski definition) is 3. The maximum absolute atomic E-state index is 12.0. The molecule has 5 nitrogen and oxygen atoms in total. The molecular formula is C12H14N4O. The fourth-order valence-corrected chi connectivity index (χ4v) is 1.52. The number of carbonyl (C=O) groups excluding carboxylic acids is 1. The van der Waals surface area contributed by atoms with Crippen molar-refractivity contribution in [3.8, 4) is 0 Å². The number of anilines is 2. The summed E-state index contributed by atoms with van der Waals surface area (Å²) in [5, 5.41) is 9.29. The van der Waals surface area contributed by atoms with E-state index in [-0.39, 0.29) is 5.91 Å². The average Bonchev–Trinajstić information content (AvgIpc) is 2.68. The Morgan fingerprint density at radius 3 is 2.82 bits per heavy atom. The van der Waals surface area contributed by atoms with E-state index in [0.29, 0.717) is 17.1 Å². The lowest BCUT2D eigenvalue weighted by atomic mass is 10.1. The number of aryl methyl sites for hydroxylation is 2. The number of nitrogens with one attached hydrogen (secondary N) is 2. The Balaban J connectivity index is 2.26. The summed E-state index contributed by atoms with van der Waals surface area (Å²) in [5.74, 6) is 0.356. The van der Waals surface area contributed by atoms with Crippen LogP contribution in [0, 0.1) is 13.8 Å². The smallest absolute Gasteiger partial charge is 0.258 e. The standard InChI is InChI=1S/C12H14N4O/c1-7-3-4-10(13)9(5-7)12(17)15-11-8(2)6-14-16-11/h3-6H,13H2,1-2H3,(H2,14,15,16,17). The molecule has 5 heteroatoms. The Morgan fingerprint density at radius 2 is 2.18 bits per heavy atom. The van der Waals surface area contributed by atoms with Crippen LogP contribution >= 0.6 is 0 Å². The third-order valence-electron chi connectivity index (χ3n) is 2.52. The number of nitrogen functional groups attached to an aromatic ring is 1. The number of rotatable bonds is 2. The zero-order chi connectivity index (χ0) is 12.4. The maximum atomic E-state index is 12.0. The van der Waals surface area contributed by atoms with Crippen LogP contribution < -0.4 is 11.1 Å². The minimum atomic E-state index is -0.237. The molecule has 4 N–H and O–H groups in total. The Bertz CT molecular complexity index is 559. The minimum Gasteiger partial charge on any atom is -0.398 e. The lowest BCUT2D eigenvalue weighted by Gasteiger charge is -2.07. The number of H-pyrrole nitrogens is 1. The van der Waals surface area contributed by atoms with Crippen molar-refractivity contribution >= 4 is 17.4 Å². The van der Waals surface area contributed by atoms with Crippen LogP contribution in [0.1, 0.15) is 21.5 Å². The third kappa shape index (κ3) is 2.28. The van der Waals surface area contributed by atoms with Crippen molar-refractivity contribution in [3.63, 3.8) is 0 Å². The quantitative estimate of drug-likeness (QED) is 0.688. The number of carbonyl (C=O) groups is 1. The Morgan fingerprint density at radius 1 is 1.41 bits per heavy atom. The summed E-state index contributed by atoms with van der Waals surface area (Å²) in [5.41, 5.74) is 8.58. The average molecular weight is 230 g/mol. The normalized spacial score (nSPS) is 10.2. The van der Waals surface area contributed by atoms with Crippen LogP contribution in [-0.2, 0) is 0 Å². The van der Waals surface area contributed by atoms with Gasteiger partial charge in [-0.15, -0.1) is 0 Å². The van der Waals surface area contributed by atoms with Crippen LogP contribution in [0.5, 0.6) is 0 Å². The second-order valence-electron chi connectivity index (χ2n) is 3.97. The van der Waals surface area contributed by atoms with Gasteiger partial charge in [-0.05, 0) is 26.0 Å². The van der Waals surface area contributed by atoms with Crippen LogP contribution in [0.2, 0.25) is 0 Å². The molecule has 2 rings (SSSR count). The molecule has 0 atom stereocenters. The highest BCUT2D eigenvalue weighted by Crippen LogP contribution is 2.16. The molecule has 17 heavy (non-hydrogen) atoms. The first kappa shape index (κ1) is 11.2. The third-order valence-corrected chi connectivity index (χ3v) is 2.52. The van der Waals surface area contributed by atoms with Gasteiger partial charge in [0, 0.05) is 11.3 Å². The number of aromatic nitrogens is 2. The topological polar surface area (TPSA) is 83.8 Å². The predicted octanol–water partition coefficient (Wildman–Crippen LogP) is 1.86. The summed E-state index contributed by atoms with van der Waals surface area (Å²) in [7, 11) is 0. The van der Waals surface area contributed by atoms with E-state index < -0.39 is 0 Å². The lowest BCUT2D eigenvalue weighted by Crippen LogP contribution is -2.15. The molecule has 0 aliphatic carbocycles. The van der Waals surface area contributed by atoms with Crippen molar-refractivity contribution in [2.24, 2.45) is 0 Å². The van der Waals surface area contributed by atoms with Crippen LogP contribution in [0.25, 0.3) is 0 Å². The predicted molar refractivity (Wildman–Crippen MR) is 66.9 cm³/mol. The Hall–Kier alpha value is -2.30. The van der Waals surface area contributed by atoms with Crippen LogP contribution in [0.3, 0.4) is 0 Å². The van der Waals surface area contributed by atoms with E-state index in [4.69, 9.17) is 5.73 Å². The van der Waals surface area contributed by atoms with E-state index >= 15 is 0 Å². The van der Waals surface area contributed by atoms with E-state index in [2.05, 4.69) is 15.5 Å². The van der Waals surface area contributed by atoms with Crippen LogP contribution in [-0.4, -0.2) is 16.1 Å². The Kier molecular flexibility index (Phi) is 2.82. The van der Waals surface area contributed by atoms with Crippen molar-refractivity contribution in [1.29, 1.82) is 0 Å². The molecule has 1 aromatic heterocycles. The monoisotopic (exact) mass is 230 g/mol. The molecule has 0 spiro atoms. The van der Waals surface area contributed by atoms with Crippen LogP contribution in [0.15, 0.2) is 24.4 Å². The largest absolute Gasteiger partial charge is 0.398 e. The number of aromatic amines is 1. The van der Waals surface area contributed by atoms with E-state index in [0.717, 1.165) is 11.1 Å². The summed E-state index contributed by atoms with van der Waals surface area (Å²) in [6.45, 7) is 3.77. The number of hydrogen-bond acceptors (Lipinski definition) is 3. The van der Waals surface area contributed by atoms with Gasteiger partial charge in [-0.2, -0.15) is 5.10 Å². The van der Waals surface area contributed by atoms with Gasteiger partial charge >= 0.3 is 0 Å². The zero-order valence-corrected chi connectivity index (χ0v) is 9.74. The van der Waals surface area contributed by atoms with Crippen molar-refractivity contribution in [1.82, 2.24) is 10.2 Å². The molecule has 88 valence electrons. The molecule has 2 aromatic rings. The van der Waals surface area contributed by atoms with E-state index in [1.807, 2.05) is 19.9 Å². The molecule has 1 aromatic carbocycles. The molecule has 1 heterocycles. The number of nitrogens with two attached hydrogens (primary N) is 1. The first-order valence-electron chi connectivity index (χ1n) is 5.25. The van der Waals surface area contributed by atoms with Gasteiger partial charge in [0.05, 0.1) is 11.8 Å². The second-order valence-corrected chi connectivity index (χ2v) is 3.97. The van der Waals surface area contributed by atoms with Gasteiger partial charge < -0.3 is 11.1 Å². The van der Waals surface area contributed by atoms with Gasteiger partial charge in [-0.25, -0.2) is 0 Å². The fraction of sp³-hybridized carbons (Fsp3) is 0.167. The molecule has 0 bridgehead atoms. The summed E-state index contributed by atoms with van der Waals surface area (Å²) >= 11 is 0. The summed E-state index contributed by atoms with van der Waals surface area (Å²) in [6, 6.07) is 5.36. The van der Waals surface area contributed by atoms with E-state index in [1.54, 1.807) is 18.3 Å². The van der Waals surface area contributed by atoms with Gasteiger partial charge in [0.1, 0.15) is 5.82 Å². The van der Waals surface area contributed by atoms with E-state index in [1.165, 1.54) is 0 Å².